The van der Waals surface area contributed by atoms with Crippen LogP contribution in [0.1, 0.15) is 47.9 Å². The Morgan fingerprint density at radius 2 is 1.07 bits per heavy atom. The Morgan fingerprint density at radius 3 is 1.43 bits per heavy atom. The van der Waals surface area contributed by atoms with Crippen LogP contribution in [0.15, 0.2) is 72.8 Å². The summed E-state index contributed by atoms with van der Waals surface area (Å²) in [6.45, 7) is 4.42. The van der Waals surface area contributed by atoms with Crippen LogP contribution >= 0.6 is 0 Å². The van der Waals surface area contributed by atoms with Crippen LogP contribution in [0.3, 0.4) is 0 Å². The molecule has 30 heavy (non-hydrogen) atoms. The maximum atomic E-state index is 8.60. The summed E-state index contributed by atoms with van der Waals surface area (Å²) in [5.74, 6) is 1.86. The van der Waals surface area contributed by atoms with Gasteiger partial charge in [0, 0.05) is 0 Å². The summed E-state index contributed by atoms with van der Waals surface area (Å²) >= 11 is 0. The zero-order chi connectivity index (χ0) is 21.3. The first-order valence-electron chi connectivity index (χ1n) is 9.98. The molecule has 0 aliphatic carbocycles. The molecule has 0 spiro atoms. The number of benzene rings is 3. The van der Waals surface area contributed by atoms with Crippen molar-refractivity contribution in [2.45, 2.75) is 38.5 Å². The van der Waals surface area contributed by atoms with Crippen molar-refractivity contribution in [3.05, 3.63) is 95.1 Å². The molecule has 0 saturated carbocycles. The summed E-state index contributed by atoms with van der Waals surface area (Å²) in [5.41, 5.74) is 5.06. The molecule has 3 aromatic carbocycles. The molecular formula is C26H24N2O2. The van der Waals surface area contributed by atoms with Gasteiger partial charge in [0.1, 0.15) is 11.5 Å². The molecule has 0 aromatic heterocycles. The molecule has 0 N–H and O–H groups in total. The molecule has 0 radical (unpaired) electrons. The first-order valence-corrected chi connectivity index (χ1v) is 9.98. The predicted molar refractivity (Wildman–Crippen MR) is 116 cm³/mol. The van der Waals surface area contributed by atoms with Crippen LogP contribution in [0.5, 0.6) is 11.5 Å². The SMILES string of the molecule is C[C@H](Cc1cccc(C[C@@H](C)c2ccc(OC#N)cc2)c1)c1ccc(OC#N)cc1. The van der Waals surface area contributed by atoms with Crippen LogP contribution in [0.2, 0.25) is 0 Å². The van der Waals surface area contributed by atoms with E-state index in [4.69, 9.17) is 20.0 Å². The van der Waals surface area contributed by atoms with Gasteiger partial charge in [-0.2, -0.15) is 0 Å². The van der Waals surface area contributed by atoms with Gasteiger partial charge in [0.25, 0.3) is 12.5 Å². The van der Waals surface area contributed by atoms with E-state index >= 15 is 0 Å². The predicted octanol–water partition coefficient (Wildman–Crippen LogP) is 6.10. The highest BCUT2D eigenvalue weighted by Crippen LogP contribution is 2.26. The zero-order valence-corrected chi connectivity index (χ0v) is 17.2. The Hall–Kier alpha value is -3.76. The average Bonchev–Trinajstić information content (AvgIpc) is 2.75. The Morgan fingerprint density at radius 1 is 0.667 bits per heavy atom. The summed E-state index contributed by atoms with van der Waals surface area (Å²) in [7, 11) is 0. The van der Waals surface area contributed by atoms with E-state index in [0.717, 1.165) is 12.8 Å². The van der Waals surface area contributed by atoms with Gasteiger partial charge in [0.05, 0.1) is 0 Å². The molecule has 4 nitrogen and oxygen atoms in total. The summed E-state index contributed by atoms with van der Waals surface area (Å²) in [6.07, 6.45) is 5.28. The van der Waals surface area contributed by atoms with Crippen LogP contribution in [0.4, 0.5) is 0 Å². The third-order valence-electron chi connectivity index (χ3n) is 5.30. The average molecular weight is 396 g/mol. The fourth-order valence-electron chi connectivity index (χ4n) is 3.66. The van der Waals surface area contributed by atoms with E-state index in [2.05, 4.69) is 38.1 Å². The molecular weight excluding hydrogens is 372 g/mol. The largest absolute Gasteiger partial charge is 0.388 e. The molecule has 0 aliphatic heterocycles. The van der Waals surface area contributed by atoms with Gasteiger partial charge in [-0.3, -0.25) is 0 Å². The fraction of sp³-hybridized carbons (Fsp3) is 0.231. The molecule has 3 rings (SSSR count). The lowest BCUT2D eigenvalue weighted by Crippen LogP contribution is -2.02. The highest BCUT2D eigenvalue weighted by Gasteiger charge is 2.10. The van der Waals surface area contributed by atoms with Gasteiger partial charge >= 0.3 is 0 Å². The van der Waals surface area contributed by atoms with E-state index in [-0.39, 0.29) is 0 Å². The Balaban J connectivity index is 1.63. The van der Waals surface area contributed by atoms with Gasteiger partial charge in [-0.15, -0.1) is 10.5 Å². The lowest BCUT2D eigenvalue weighted by Gasteiger charge is -2.15. The molecule has 2 atom stereocenters. The second-order valence-electron chi connectivity index (χ2n) is 7.56. The van der Waals surface area contributed by atoms with Crippen molar-refractivity contribution in [2.24, 2.45) is 0 Å². The van der Waals surface area contributed by atoms with Crippen LogP contribution in [-0.2, 0) is 12.8 Å². The first-order chi connectivity index (χ1) is 14.6. The summed E-state index contributed by atoms with van der Waals surface area (Å²) < 4.78 is 9.70. The molecule has 0 heterocycles. The number of nitriles is 2. The van der Waals surface area contributed by atoms with E-state index in [1.54, 1.807) is 12.5 Å². The second kappa shape index (κ2) is 10.1. The Kier molecular flexibility index (Phi) is 7.09. The Bertz CT molecular complexity index is 961. The van der Waals surface area contributed by atoms with Crippen molar-refractivity contribution < 1.29 is 9.47 Å². The maximum absolute atomic E-state index is 8.60. The molecule has 0 unspecified atom stereocenters. The first kappa shape index (κ1) is 21.0. The summed E-state index contributed by atoms with van der Waals surface area (Å²) in [4.78, 5) is 0. The van der Waals surface area contributed by atoms with E-state index in [1.807, 2.05) is 48.5 Å². The number of hydrogen-bond donors (Lipinski definition) is 0. The van der Waals surface area contributed by atoms with Crippen molar-refractivity contribution in [3.8, 4) is 24.0 Å². The van der Waals surface area contributed by atoms with Crippen LogP contribution in [-0.4, -0.2) is 0 Å². The highest BCUT2D eigenvalue weighted by molar-refractivity contribution is 5.34. The summed E-state index contributed by atoms with van der Waals surface area (Å²) in [6, 6.07) is 24.2. The van der Waals surface area contributed by atoms with Crippen molar-refractivity contribution in [1.82, 2.24) is 0 Å². The minimum absolute atomic E-state index is 0.362. The van der Waals surface area contributed by atoms with E-state index < -0.39 is 0 Å². The minimum atomic E-state index is 0.362. The maximum Gasteiger partial charge on any atom is 0.292 e. The van der Waals surface area contributed by atoms with Crippen molar-refractivity contribution in [3.63, 3.8) is 0 Å². The molecule has 3 aromatic rings. The normalized spacial score (nSPS) is 12.3. The number of ether oxygens (including phenoxy) is 2. The standard InChI is InChI=1S/C26H24N2O2/c1-19(23-6-10-25(11-7-23)29-17-27)14-21-4-3-5-22(16-21)15-20(2)24-8-12-26(13-9-24)30-18-28/h3-13,16,19-20H,14-15H2,1-2H3/t19-,20-/m1/s1. The summed E-state index contributed by atoms with van der Waals surface area (Å²) in [5, 5.41) is 17.2. The lowest BCUT2D eigenvalue weighted by atomic mass is 9.90. The number of hydrogen-bond acceptors (Lipinski definition) is 4. The van der Waals surface area contributed by atoms with Gasteiger partial charge in [-0.05, 0) is 71.2 Å². The van der Waals surface area contributed by atoms with Gasteiger partial charge in [-0.1, -0.05) is 62.4 Å². The monoisotopic (exact) mass is 396 g/mol. The van der Waals surface area contributed by atoms with Crippen molar-refractivity contribution >= 4 is 0 Å². The van der Waals surface area contributed by atoms with Crippen molar-refractivity contribution in [1.29, 1.82) is 10.5 Å². The highest BCUT2D eigenvalue weighted by atomic mass is 16.5. The molecule has 0 bridgehead atoms. The molecule has 150 valence electrons. The third-order valence-corrected chi connectivity index (χ3v) is 5.30. The Labute approximate surface area is 177 Å². The zero-order valence-electron chi connectivity index (χ0n) is 17.2. The van der Waals surface area contributed by atoms with Crippen LogP contribution < -0.4 is 9.47 Å². The van der Waals surface area contributed by atoms with E-state index in [0.29, 0.717) is 23.3 Å². The van der Waals surface area contributed by atoms with Crippen LogP contribution in [0, 0.1) is 23.0 Å². The molecule has 0 saturated heterocycles. The lowest BCUT2D eigenvalue weighted by molar-refractivity contribution is 0.506. The van der Waals surface area contributed by atoms with Gasteiger partial charge in [-0.25, -0.2) is 0 Å². The van der Waals surface area contributed by atoms with Crippen molar-refractivity contribution in [2.75, 3.05) is 0 Å². The van der Waals surface area contributed by atoms with Crippen LogP contribution in [0.25, 0.3) is 0 Å². The second-order valence-corrected chi connectivity index (χ2v) is 7.56. The number of nitrogens with zero attached hydrogens (tertiary/aromatic N) is 2. The van der Waals surface area contributed by atoms with Gasteiger partial charge in [0.2, 0.25) is 0 Å². The topological polar surface area (TPSA) is 66.0 Å². The smallest absolute Gasteiger partial charge is 0.292 e. The minimum Gasteiger partial charge on any atom is -0.388 e. The molecule has 4 heteroatoms. The molecule has 0 amide bonds. The molecule has 0 aliphatic rings. The van der Waals surface area contributed by atoms with E-state index in [9.17, 15) is 0 Å². The third kappa shape index (κ3) is 5.63. The van der Waals surface area contributed by atoms with Gasteiger partial charge < -0.3 is 9.47 Å². The molecule has 0 fully saturated rings. The quantitative estimate of drug-likeness (QED) is 0.432. The fourth-order valence-corrected chi connectivity index (χ4v) is 3.66. The van der Waals surface area contributed by atoms with E-state index in [1.165, 1.54) is 22.3 Å². The van der Waals surface area contributed by atoms with Gasteiger partial charge in [0.15, 0.2) is 0 Å². The number of rotatable bonds is 8.